The van der Waals surface area contributed by atoms with Gasteiger partial charge in [-0.3, -0.25) is 4.79 Å². The van der Waals surface area contributed by atoms with Crippen molar-refractivity contribution in [2.24, 2.45) is 0 Å². The maximum absolute atomic E-state index is 12.8. The maximum atomic E-state index is 12.8. The number of ketones is 1. The van der Waals surface area contributed by atoms with E-state index in [1.54, 1.807) is 54.6 Å². The molecule has 0 fully saturated rings. The molecule has 0 bridgehead atoms. The van der Waals surface area contributed by atoms with Gasteiger partial charge in [-0.25, -0.2) is 4.39 Å². The molecular weight excluding hydrogens is 343 g/mol. The van der Waals surface area contributed by atoms with E-state index in [0.717, 1.165) is 0 Å². The fourth-order valence-electron chi connectivity index (χ4n) is 2.12. The summed E-state index contributed by atoms with van der Waals surface area (Å²) in [5.74, 6) is 1.23. The summed E-state index contributed by atoms with van der Waals surface area (Å²) in [4.78, 5) is 12.0. The Morgan fingerprint density at radius 1 is 1.04 bits per heavy atom. The molecule has 25 heavy (non-hydrogen) atoms. The second-order valence-electron chi connectivity index (χ2n) is 5.25. The summed E-state index contributed by atoms with van der Waals surface area (Å²) in [7, 11) is 0. The molecule has 3 nitrogen and oxygen atoms in total. The number of carbonyl (C=O) groups excluding carboxylic acids is 1. The number of furan rings is 1. The lowest BCUT2D eigenvalue weighted by molar-refractivity contribution is 0.104. The van der Waals surface area contributed by atoms with E-state index in [1.807, 2.05) is 0 Å². The Bertz CT molecular complexity index is 880. The highest BCUT2D eigenvalue weighted by Crippen LogP contribution is 2.16. The molecule has 126 valence electrons. The molecule has 5 heteroatoms. The molecule has 0 saturated carbocycles. The number of ether oxygens (including phenoxy) is 1. The van der Waals surface area contributed by atoms with E-state index in [9.17, 15) is 9.18 Å². The first-order valence-corrected chi connectivity index (χ1v) is 7.93. The summed E-state index contributed by atoms with van der Waals surface area (Å²) < 4.78 is 23.9. The molecule has 0 aliphatic rings. The molecule has 3 aromatic rings. The third-order valence-electron chi connectivity index (χ3n) is 3.40. The van der Waals surface area contributed by atoms with Crippen molar-refractivity contribution in [2.75, 3.05) is 0 Å². The summed E-state index contributed by atoms with van der Waals surface area (Å²) in [5.41, 5.74) is 0.548. The standard InChI is InChI=1S/C20H14ClFO3/c21-15-3-1-14(2-4-15)20(23)12-11-18-9-10-19(25-18)13-24-17-7-5-16(22)6-8-17/h1-12H,13H2/b12-11+. The van der Waals surface area contributed by atoms with E-state index in [2.05, 4.69) is 0 Å². The zero-order valence-electron chi connectivity index (χ0n) is 13.1. The highest BCUT2D eigenvalue weighted by atomic mass is 35.5. The van der Waals surface area contributed by atoms with Crippen molar-refractivity contribution in [3.8, 4) is 5.75 Å². The van der Waals surface area contributed by atoms with Gasteiger partial charge in [0.2, 0.25) is 0 Å². The Labute approximate surface area is 149 Å². The fourth-order valence-corrected chi connectivity index (χ4v) is 2.24. The molecule has 1 heterocycles. The molecule has 0 spiro atoms. The van der Waals surface area contributed by atoms with Gasteiger partial charge in [-0.15, -0.1) is 0 Å². The minimum absolute atomic E-state index is 0.142. The van der Waals surface area contributed by atoms with Crippen LogP contribution in [0.2, 0.25) is 5.02 Å². The molecule has 0 radical (unpaired) electrons. The van der Waals surface area contributed by atoms with Crippen LogP contribution in [0.15, 0.2) is 71.2 Å². The minimum Gasteiger partial charge on any atom is -0.486 e. The Hall–Kier alpha value is -2.85. The van der Waals surface area contributed by atoms with Crippen molar-refractivity contribution in [1.29, 1.82) is 0 Å². The lowest BCUT2D eigenvalue weighted by Crippen LogP contribution is -1.93. The first-order valence-electron chi connectivity index (χ1n) is 7.55. The summed E-state index contributed by atoms with van der Waals surface area (Å²) in [6.45, 7) is 0.213. The van der Waals surface area contributed by atoms with Gasteiger partial charge in [0.15, 0.2) is 5.78 Å². The molecule has 0 aliphatic heterocycles. The molecular formula is C20H14ClFO3. The van der Waals surface area contributed by atoms with Crippen LogP contribution in [0.5, 0.6) is 5.75 Å². The number of hydrogen-bond acceptors (Lipinski definition) is 3. The minimum atomic E-state index is -0.317. The highest BCUT2D eigenvalue weighted by molar-refractivity contribution is 6.30. The Morgan fingerprint density at radius 3 is 2.48 bits per heavy atom. The van der Waals surface area contributed by atoms with Crippen molar-refractivity contribution in [3.05, 3.63) is 94.7 Å². The van der Waals surface area contributed by atoms with Crippen molar-refractivity contribution >= 4 is 23.5 Å². The van der Waals surface area contributed by atoms with Crippen LogP contribution in [0.1, 0.15) is 21.9 Å². The van der Waals surface area contributed by atoms with Crippen molar-refractivity contribution in [2.45, 2.75) is 6.61 Å². The molecule has 0 aliphatic carbocycles. The molecule has 0 amide bonds. The van der Waals surface area contributed by atoms with Gasteiger partial charge >= 0.3 is 0 Å². The van der Waals surface area contributed by atoms with Crippen LogP contribution in [-0.4, -0.2) is 5.78 Å². The Kier molecular flexibility index (Phi) is 5.31. The van der Waals surface area contributed by atoms with E-state index >= 15 is 0 Å². The molecule has 3 rings (SSSR count). The van der Waals surface area contributed by atoms with Crippen LogP contribution >= 0.6 is 11.6 Å². The molecule has 1 aromatic heterocycles. The smallest absolute Gasteiger partial charge is 0.185 e. The Balaban J connectivity index is 1.58. The third kappa shape index (κ3) is 4.81. The number of rotatable bonds is 6. The summed E-state index contributed by atoms with van der Waals surface area (Å²) in [6, 6.07) is 15.9. The predicted octanol–water partition coefficient (Wildman–Crippen LogP) is 5.55. The van der Waals surface area contributed by atoms with Crippen LogP contribution < -0.4 is 4.74 Å². The Morgan fingerprint density at radius 2 is 1.76 bits per heavy atom. The van der Waals surface area contributed by atoms with E-state index in [-0.39, 0.29) is 18.2 Å². The SMILES string of the molecule is O=C(/C=C/c1ccc(COc2ccc(F)cc2)o1)c1ccc(Cl)cc1. The second kappa shape index (κ2) is 7.81. The van der Waals surface area contributed by atoms with Gasteiger partial charge in [-0.2, -0.15) is 0 Å². The van der Waals surface area contributed by atoms with Gasteiger partial charge in [0, 0.05) is 10.6 Å². The second-order valence-corrected chi connectivity index (χ2v) is 5.69. The lowest BCUT2D eigenvalue weighted by Gasteiger charge is -2.03. The summed E-state index contributed by atoms with van der Waals surface area (Å²) >= 11 is 5.80. The molecule has 2 aromatic carbocycles. The first-order chi connectivity index (χ1) is 12.1. The van der Waals surface area contributed by atoms with Crippen LogP contribution in [0.4, 0.5) is 4.39 Å². The van der Waals surface area contributed by atoms with Gasteiger partial charge < -0.3 is 9.15 Å². The zero-order chi connectivity index (χ0) is 17.6. The third-order valence-corrected chi connectivity index (χ3v) is 3.66. The predicted molar refractivity (Wildman–Crippen MR) is 94.3 cm³/mol. The topological polar surface area (TPSA) is 39.4 Å². The largest absolute Gasteiger partial charge is 0.486 e. The normalized spacial score (nSPS) is 11.0. The van der Waals surface area contributed by atoms with Crippen LogP contribution in [-0.2, 0) is 6.61 Å². The number of carbonyl (C=O) groups is 1. The average molecular weight is 357 g/mol. The molecule has 0 saturated heterocycles. The van der Waals surface area contributed by atoms with Crippen molar-refractivity contribution < 1.29 is 18.3 Å². The summed E-state index contributed by atoms with van der Waals surface area (Å²) in [6.07, 6.45) is 3.03. The number of hydrogen-bond donors (Lipinski definition) is 0. The van der Waals surface area contributed by atoms with E-state index < -0.39 is 0 Å². The number of allylic oxidation sites excluding steroid dienone is 1. The fraction of sp³-hybridized carbons (Fsp3) is 0.0500. The maximum Gasteiger partial charge on any atom is 0.185 e. The van der Waals surface area contributed by atoms with Crippen LogP contribution in [0, 0.1) is 5.82 Å². The summed E-state index contributed by atoms with van der Waals surface area (Å²) in [5, 5.41) is 0.581. The zero-order valence-corrected chi connectivity index (χ0v) is 13.9. The lowest BCUT2D eigenvalue weighted by atomic mass is 10.1. The van der Waals surface area contributed by atoms with E-state index in [0.29, 0.717) is 27.9 Å². The van der Waals surface area contributed by atoms with Crippen molar-refractivity contribution in [3.63, 3.8) is 0 Å². The van der Waals surface area contributed by atoms with Gasteiger partial charge in [0.25, 0.3) is 0 Å². The van der Waals surface area contributed by atoms with Gasteiger partial charge in [-0.1, -0.05) is 11.6 Å². The quantitative estimate of drug-likeness (QED) is 0.429. The molecule has 0 N–H and O–H groups in total. The van der Waals surface area contributed by atoms with Gasteiger partial charge in [0.1, 0.15) is 29.7 Å². The number of halogens is 2. The van der Waals surface area contributed by atoms with Crippen molar-refractivity contribution in [1.82, 2.24) is 0 Å². The monoisotopic (exact) mass is 356 g/mol. The first kappa shape index (κ1) is 17.0. The van der Waals surface area contributed by atoms with E-state index in [1.165, 1.54) is 18.2 Å². The van der Waals surface area contributed by atoms with Gasteiger partial charge in [-0.05, 0) is 72.8 Å². The van der Waals surface area contributed by atoms with Crippen LogP contribution in [0.25, 0.3) is 6.08 Å². The van der Waals surface area contributed by atoms with E-state index in [4.69, 9.17) is 20.8 Å². The number of benzene rings is 2. The average Bonchev–Trinajstić information content (AvgIpc) is 3.08. The van der Waals surface area contributed by atoms with Crippen LogP contribution in [0.3, 0.4) is 0 Å². The van der Waals surface area contributed by atoms with Gasteiger partial charge in [0.05, 0.1) is 0 Å². The molecule has 0 unspecified atom stereocenters. The highest BCUT2D eigenvalue weighted by Gasteiger charge is 2.04. The molecule has 0 atom stereocenters.